The first-order valence-electron chi connectivity index (χ1n) is 9.43. The third-order valence-corrected chi connectivity index (χ3v) is 6.62. The van der Waals surface area contributed by atoms with Gasteiger partial charge >= 0.3 is 0 Å². The van der Waals surface area contributed by atoms with E-state index in [0.29, 0.717) is 32.6 Å². The average molecular weight is 468 g/mol. The van der Waals surface area contributed by atoms with Crippen LogP contribution in [0, 0.1) is 0 Å². The van der Waals surface area contributed by atoms with Gasteiger partial charge in [0.1, 0.15) is 4.83 Å². The summed E-state index contributed by atoms with van der Waals surface area (Å²) < 4.78 is 1.56. The predicted molar refractivity (Wildman–Crippen MR) is 130 cm³/mol. The van der Waals surface area contributed by atoms with E-state index < -0.39 is 0 Å². The maximum atomic E-state index is 13.3. The SMILES string of the molecule is C=CCn1c(SCC(=O)Nc2ccc(Cl)cc2)nc2scc(-c3ccccc3)c2c1=O. The maximum absolute atomic E-state index is 13.3. The number of rotatable bonds is 7. The monoisotopic (exact) mass is 467 g/mol. The van der Waals surface area contributed by atoms with Gasteiger partial charge in [0.05, 0.1) is 11.1 Å². The van der Waals surface area contributed by atoms with Gasteiger partial charge in [-0.3, -0.25) is 14.2 Å². The smallest absolute Gasteiger partial charge is 0.263 e. The van der Waals surface area contributed by atoms with Crippen LogP contribution in [0.3, 0.4) is 0 Å². The van der Waals surface area contributed by atoms with E-state index in [1.54, 1.807) is 34.9 Å². The van der Waals surface area contributed by atoms with Crippen molar-refractivity contribution in [3.8, 4) is 11.1 Å². The molecule has 0 bridgehead atoms. The number of halogens is 1. The van der Waals surface area contributed by atoms with Crippen molar-refractivity contribution < 1.29 is 4.79 Å². The van der Waals surface area contributed by atoms with E-state index in [-0.39, 0.29) is 17.2 Å². The Hall–Kier alpha value is -2.87. The third kappa shape index (κ3) is 4.74. The second-order valence-electron chi connectivity index (χ2n) is 6.64. The summed E-state index contributed by atoms with van der Waals surface area (Å²) in [5, 5.41) is 6.45. The largest absolute Gasteiger partial charge is 0.325 e. The molecule has 0 aliphatic carbocycles. The van der Waals surface area contributed by atoms with E-state index in [4.69, 9.17) is 16.6 Å². The van der Waals surface area contributed by atoms with E-state index in [1.807, 2.05) is 35.7 Å². The van der Waals surface area contributed by atoms with Gasteiger partial charge < -0.3 is 5.32 Å². The number of anilines is 1. The number of thiophene rings is 1. The van der Waals surface area contributed by atoms with Gasteiger partial charge in [-0.05, 0) is 29.8 Å². The van der Waals surface area contributed by atoms with E-state index in [0.717, 1.165) is 11.1 Å². The predicted octanol–water partition coefficient (Wildman–Crippen LogP) is 5.70. The van der Waals surface area contributed by atoms with Gasteiger partial charge in [-0.2, -0.15) is 0 Å². The quantitative estimate of drug-likeness (QED) is 0.215. The van der Waals surface area contributed by atoms with Crippen molar-refractivity contribution >= 4 is 56.5 Å². The number of fused-ring (bicyclic) bond motifs is 1. The van der Waals surface area contributed by atoms with Gasteiger partial charge in [0.15, 0.2) is 5.16 Å². The molecule has 0 fully saturated rings. The van der Waals surface area contributed by atoms with Crippen LogP contribution in [-0.2, 0) is 11.3 Å². The van der Waals surface area contributed by atoms with Crippen molar-refractivity contribution in [3.63, 3.8) is 0 Å². The lowest BCUT2D eigenvalue weighted by molar-refractivity contribution is -0.113. The second kappa shape index (κ2) is 9.51. The Kier molecular flexibility index (Phi) is 6.56. The Bertz CT molecular complexity index is 1300. The molecular formula is C23H18ClN3O2S2. The van der Waals surface area contributed by atoms with Crippen molar-refractivity contribution in [2.75, 3.05) is 11.1 Å². The van der Waals surface area contributed by atoms with E-state index >= 15 is 0 Å². The van der Waals surface area contributed by atoms with Crippen LogP contribution in [0.15, 0.2) is 82.6 Å². The highest BCUT2D eigenvalue weighted by Gasteiger charge is 2.17. The maximum Gasteiger partial charge on any atom is 0.263 e. The van der Waals surface area contributed by atoms with Crippen LogP contribution >= 0.6 is 34.7 Å². The fourth-order valence-electron chi connectivity index (χ4n) is 3.10. The standard InChI is InChI=1S/C23H18ClN3O2S2/c1-2-12-27-22(29)20-18(15-6-4-3-5-7-15)13-30-21(20)26-23(27)31-14-19(28)25-17-10-8-16(24)9-11-17/h2-11,13H,1,12,14H2,(H,25,28). The van der Waals surface area contributed by atoms with Gasteiger partial charge in [0.25, 0.3) is 5.56 Å². The summed E-state index contributed by atoms with van der Waals surface area (Å²) in [5.41, 5.74) is 2.37. The number of hydrogen-bond donors (Lipinski definition) is 1. The molecule has 156 valence electrons. The molecule has 5 nitrogen and oxygen atoms in total. The molecule has 4 rings (SSSR count). The highest BCUT2D eigenvalue weighted by Crippen LogP contribution is 2.32. The summed E-state index contributed by atoms with van der Waals surface area (Å²) in [6, 6.07) is 16.7. The topological polar surface area (TPSA) is 64.0 Å². The van der Waals surface area contributed by atoms with Gasteiger partial charge in [0.2, 0.25) is 5.91 Å². The summed E-state index contributed by atoms with van der Waals surface area (Å²) in [5.74, 6) is -0.0720. The number of hydrogen-bond acceptors (Lipinski definition) is 5. The van der Waals surface area contributed by atoms with Crippen molar-refractivity contribution in [1.29, 1.82) is 0 Å². The van der Waals surface area contributed by atoms with Crippen molar-refractivity contribution in [1.82, 2.24) is 9.55 Å². The molecular weight excluding hydrogens is 450 g/mol. The van der Waals surface area contributed by atoms with Crippen LogP contribution in [0.2, 0.25) is 5.02 Å². The fourth-order valence-corrected chi connectivity index (χ4v) is 5.02. The number of nitrogens with one attached hydrogen (secondary N) is 1. The van der Waals surface area contributed by atoms with Crippen LogP contribution in [0.4, 0.5) is 5.69 Å². The first-order chi connectivity index (χ1) is 15.1. The lowest BCUT2D eigenvalue weighted by Crippen LogP contribution is -2.23. The molecule has 0 aliphatic heterocycles. The van der Waals surface area contributed by atoms with Crippen molar-refractivity contribution in [2.45, 2.75) is 11.7 Å². The highest BCUT2D eigenvalue weighted by atomic mass is 35.5. The Morgan fingerprint density at radius 3 is 2.65 bits per heavy atom. The molecule has 1 N–H and O–H groups in total. The molecule has 1 amide bonds. The number of aromatic nitrogens is 2. The van der Waals surface area contributed by atoms with Crippen molar-refractivity contribution in [2.24, 2.45) is 0 Å². The Labute approximate surface area is 192 Å². The first-order valence-corrected chi connectivity index (χ1v) is 11.7. The number of nitrogens with zero attached hydrogens (tertiary/aromatic N) is 2. The lowest BCUT2D eigenvalue weighted by atomic mass is 10.1. The minimum atomic E-state index is -0.192. The highest BCUT2D eigenvalue weighted by molar-refractivity contribution is 7.99. The summed E-state index contributed by atoms with van der Waals surface area (Å²) in [6.07, 6.45) is 1.65. The summed E-state index contributed by atoms with van der Waals surface area (Å²) in [6.45, 7) is 4.07. The molecule has 31 heavy (non-hydrogen) atoms. The van der Waals surface area contributed by atoms with Gasteiger partial charge in [-0.1, -0.05) is 59.8 Å². The molecule has 0 saturated carbocycles. The Balaban J connectivity index is 1.62. The number of carbonyl (C=O) groups excluding carboxylic acids is 1. The second-order valence-corrected chi connectivity index (χ2v) is 8.88. The molecule has 0 radical (unpaired) electrons. The molecule has 2 heterocycles. The zero-order valence-corrected chi connectivity index (χ0v) is 18.8. The van der Waals surface area contributed by atoms with E-state index in [9.17, 15) is 9.59 Å². The molecule has 2 aromatic heterocycles. The summed E-state index contributed by atoms with van der Waals surface area (Å²) in [4.78, 5) is 31.0. The Morgan fingerprint density at radius 1 is 1.19 bits per heavy atom. The fraction of sp³-hybridized carbons (Fsp3) is 0.0870. The lowest BCUT2D eigenvalue weighted by Gasteiger charge is -2.11. The van der Waals surface area contributed by atoms with Crippen LogP contribution in [0.1, 0.15) is 0 Å². The molecule has 8 heteroatoms. The number of allylic oxidation sites excluding steroid dienone is 1. The van der Waals surface area contributed by atoms with Crippen LogP contribution in [-0.4, -0.2) is 21.2 Å². The van der Waals surface area contributed by atoms with Gasteiger partial charge in [-0.25, -0.2) is 4.98 Å². The van der Waals surface area contributed by atoms with E-state index in [2.05, 4.69) is 11.9 Å². The van der Waals surface area contributed by atoms with E-state index in [1.165, 1.54) is 23.1 Å². The summed E-state index contributed by atoms with van der Waals surface area (Å²) in [7, 11) is 0. The normalized spacial score (nSPS) is 10.9. The van der Waals surface area contributed by atoms with Gasteiger partial charge in [0, 0.05) is 28.2 Å². The number of thioether (sulfide) groups is 1. The zero-order valence-electron chi connectivity index (χ0n) is 16.4. The van der Waals surface area contributed by atoms with Crippen LogP contribution < -0.4 is 10.9 Å². The molecule has 0 saturated heterocycles. The molecule has 0 spiro atoms. The number of carbonyl (C=O) groups is 1. The minimum Gasteiger partial charge on any atom is -0.325 e. The average Bonchev–Trinajstić information content (AvgIpc) is 3.21. The molecule has 0 aliphatic rings. The molecule has 4 aromatic rings. The number of amides is 1. The van der Waals surface area contributed by atoms with Gasteiger partial charge in [-0.15, -0.1) is 17.9 Å². The van der Waals surface area contributed by atoms with Crippen LogP contribution in [0.25, 0.3) is 21.3 Å². The summed E-state index contributed by atoms with van der Waals surface area (Å²) >= 11 is 8.53. The molecule has 0 unspecified atom stereocenters. The third-order valence-electron chi connectivity index (χ3n) is 4.52. The molecule has 0 atom stereocenters. The van der Waals surface area contributed by atoms with Crippen LogP contribution in [0.5, 0.6) is 0 Å². The Morgan fingerprint density at radius 2 is 1.94 bits per heavy atom. The zero-order chi connectivity index (χ0) is 21.8. The minimum absolute atomic E-state index is 0.120. The molecule has 2 aromatic carbocycles. The van der Waals surface area contributed by atoms with Crippen molar-refractivity contribution in [3.05, 3.63) is 88.0 Å². The first kappa shape index (κ1) is 21.4. The number of benzene rings is 2.